The molecule has 4 heteroatoms. The van der Waals surface area contributed by atoms with Gasteiger partial charge in [-0.25, -0.2) is 0 Å². The van der Waals surface area contributed by atoms with Gasteiger partial charge in [-0.05, 0) is 0 Å². The van der Waals surface area contributed by atoms with Crippen LogP contribution in [0.1, 0.15) is 20.8 Å². The lowest BCUT2D eigenvalue weighted by atomic mass is 10.2. The Morgan fingerprint density at radius 2 is 2.38 bits per heavy atom. The Labute approximate surface area is 79.2 Å². The molecule has 13 heavy (non-hydrogen) atoms. The molecule has 0 saturated carbocycles. The Kier molecular flexibility index (Phi) is 3.69. The van der Waals surface area contributed by atoms with Crippen molar-refractivity contribution < 1.29 is 9.63 Å². The molecule has 0 spiro atoms. The second kappa shape index (κ2) is 4.58. The molecule has 1 saturated heterocycles. The molecular weight excluding hydrogens is 168 g/mol. The molecule has 1 aliphatic heterocycles. The first-order valence-corrected chi connectivity index (χ1v) is 4.81. The molecule has 0 aromatic rings. The van der Waals surface area contributed by atoms with Crippen LogP contribution >= 0.6 is 0 Å². The number of rotatable bonds is 3. The van der Waals surface area contributed by atoms with E-state index in [2.05, 4.69) is 5.32 Å². The summed E-state index contributed by atoms with van der Waals surface area (Å²) < 4.78 is 0. The minimum atomic E-state index is 0.0516. The molecule has 76 valence electrons. The van der Waals surface area contributed by atoms with Crippen LogP contribution in [0.2, 0.25) is 0 Å². The largest absolute Gasteiger partial charge is 0.349 e. The van der Waals surface area contributed by atoms with Crippen molar-refractivity contribution in [2.45, 2.75) is 26.8 Å². The van der Waals surface area contributed by atoms with Gasteiger partial charge in [0.05, 0.1) is 12.6 Å². The smallest absolute Gasteiger partial charge is 0.222 e. The van der Waals surface area contributed by atoms with Crippen molar-refractivity contribution in [1.29, 1.82) is 0 Å². The molecule has 1 fully saturated rings. The highest BCUT2D eigenvalue weighted by molar-refractivity contribution is 5.78. The second-order valence-corrected chi connectivity index (χ2v) is 3.64. The fraction of sp³-hybridized carbons (Fsp3) is 0.889. The molecule has 0 radical (unpaired) electrons. The average molecular weight is 186 g/mol. The van der Waals surface area contributed by atoms with Crippen molar-refractivity contribution in [3.8, 4) is 0 Å². The molecule has 0 aromatic carbocycles. The highest BCUT2D eigenvalue weighted by Gasteiger charge is 2.24. The van der Waals surface area contributed by atoms with Gasteiger partial charge in [-0.3, -0.25) is 9.63 Å². The van der Waals surface area contributed by atoms with Crippen molar-refractivity contribution in [3.63, 3.8) is 0 Å². The van der Waals surface area contributed by atoms with Gasteiger partial charge in [0.25, 0.3) is 0 Å². The standard InChI is InChI=1S/C9H18N2O2/c1-4-11-5-8(6-13-11)10-9(12)7(2)3/h7-8H,4-6H2,1-3H3,(H,10,12)/t8-/m0/s1. The summed E-state index contributed by atoms with van der Waals surface area (Å²) >= 11 is 0. The zero-order chi connectivity index (χ0) is 9.84. The van der Waals surface area contributed by atoms with Crippen LogP contribution in [0.5, 0.6) is 0 Å². The van der Waals surface area contributed by atoms with E-state index < -0.39 is 0 Å². The highest BCUT2D eigenvalue weighted by atomic mass is 16.7. The van der Waals surface area contributed by atoms with Crippen molar-refractivity contribution in [3.05, 3.63) is 0 Å². The average Bonchev–Trinajstić information content (AvgIpc) is 2.52. The molecule has 1 amide bonds. The topological polar surface area (TPSA) is 41.6 Å². The first-order chi connectivity index (χ1) is 6.13. The third-order valence-electron chi connectivity index (χ3n) is 2.11. The van der Waals surface area contributed by atoms with Gasteiger partial charge < -0.3 is 5.32 Å². The van der Waals surface area contributed by atoms with Crippen LogP contribution in [-0.4, -0.2) is 36.7 Å². The molecule has 1 heterocycles. The summed E-state index contributed by atoms with van der Waals surface area (Å²) in [5.74, 6) is 0.155. The summed E-state index contributed by atoms with van der Waals surface area (Å²) in [5.41, 5.74) is 0. The zero-order valence-corrected chi connectivity index (χ0v) is 8.54. The lowest BCUT2D eigenvalue weighted by Gasteiger charge is -2.13. The van der Waals surface area contributed by atoms with E-state index in [0.717, 1.165) is 13.1 Å². The molecule has 0 aromatic heterocycles. The quantitative estimate of drug-likeness (QED) is 0.693. The number of carbonyl (C=O) groups is 1. The summed E-state index contributed by atoms with van der Waals surface area (Å²) in [7, 11) is 0. The van der Waals surface area contributed by atoms with Crippen molar-refractivity contribution >= 4 is 5.91 Å². The third-order valence-corrected chi connectivity index (χ3v) is 2.11. The number of carbonyl (C=O) groups excluding carboxylic acids is 1. The van der Waals surface area contributed by atoms with Gasteiger partial charge in [0.1, 0.15) is 0 Å². The van der Waals surface area contributed by atoms with Gasteiger partial charge in [-0.15, -0.1) is 0 Å². The van der Waals surface area contributed by atoms with Crippen LogP contribution in [0.25, 0.3) is 0 Å². The maximum Gasteiger partial charge on any atom is 0.222 e. The number of hydrogen-bond acceptors (Lipinski definition) is 3. The van der Waals surface area contributed by atoms with E-state index >= 15 is 0 Å². The maximum atomic E-state index is 11.3. The van der Waals surface area contributed by atoms with E-state index in [1.54, 1.807) is 0 Å². The van der Waals surface area contributed by atoms with Gasteiger partial charge in [0.2, 0.25) is 5.91 Å². The lowest BCUT2D eigenvalue weighted by molar-refractivity contribution is -0.124. The minimum absolute atomic E-state index is 0.0516. The molecule has 4 nitrogen and oxygen atoms in total. The lowest BCUT2D eigenvalue weighted by Crippen LogP contribution is -2.40. The summed E-state index contributed by atoms with van der Waals surface area (Å²) in [6, 6.07) is 0.162. The summed E-state index contributed by atoms with van der Waals surface area (Å²) in [6.45, 7) is 8.09. The van der Waals surface area contributed by atoms with Crippen LogP contribution in [-0.2, 0) is 9.63 Å². The predicted octanol–water partition coefficient (Wildman–Crippen LogP) is 0.394. The normalized spacial score (nSPS) is 23.8. The molecule has 1 rings (SSSR count). The van der Waals surface area contributed by atoms with Gasteiger partial charge in [0, 0.05) is 19.0 Å². The molecule has 0 aliphatic carbocycles. The van der Waals surface area contributed by atoms with Gasteiger partial charge in [-0.2, -0.15) is 5.06 Å². The van der Waals surface area contributed by atoms with E-state index in [0.29, 0.717) is 6.61 Å². The van der Waals surface area contributed by atoms with Crippen molar-refractivity contribution in [2.75, 3.05) is 19.7 Å². The molecule has 1 aliphatic rings. The number of nitrogens with one attached hydrogen (secondary N) is 1. The molecule has 0 bridgehead atoms. The fourth-order valence-electron chi connectivity index (χ4n) is 1.22. The van der Waals surface area contributed by atoms with E-state index in [1.165, 1.54) is 0 Å². The van der Waals surface area contributed by atoms with Crippen molar-refractivity contribution in [2.24, 2.45) is 5.92 Å². The first-order valence-electron chi connectivity index (χ1n) is 4.81. The summed E-state index contributed by atoms with van der Waals surface area (Å²) in [6.07, 6.45) is 0. The third kappa shape index (κ3) is 2.97. The van der Waals surface area contributed by atoms with E-state index in [1.807, 2.05) is 25.8 Å². The number of hydroxylamine groups is 2. The van der Waals surface area contributed by atoms with Crippen LogP contribution < -0.4 is 5.32 Å². The van der Waals surface area contributed by atoms with Gasteiger partial charge in [-0.1, -0.05) is 20.8 Å². The Morgan fingerprint density at radius 1 is 1.69 bits per heavy atom. The minimum Gasteiger partial charge on any atom is -0.349 e. The van der Waals surface area contributed by atoms with E-state index in [9.17, 15) is 4.79 Å². The molecule has 1 N–H and O–H groups in total. The number of amides is 1. The molecule has 1 atom stereocenters. The number of hydrogen-bond donors (Lipinski definition) is 1. The second-order valence-electron chi connectivity index (χ2n) is 3.64. The van der Waals surface area contributed by atoms with Crippen LogP contribution in [0.4, 0.5) is 0 Å². The molecule has 0 unspecified atom stereocenters. The van der Waals surface area contributed by atoms with Crippen LogP contribution in [0.15, 0.2) is 0 Å². The number of likely N-dealkylation sites (N-methyl/N-ethyl adjacent to an activating group) is 1. The number of nitrogens with zero attached hydrogens (tertiary/aromatic N) is 1. The molecular formula is C9H18N2O2. The Bertz CT molecular complexity index is 182. The Morgan fingerprint density at radius 3 is 2.85 bits per heavy atom. The van der Waals surface area contributed by atoms with Crippen molar-refractivity contribution in [1.82, 2.24) is 10.4 Å². The Hall–Kier alpha value is -0.610. The summed E-state index contributed by atoms with van der Waals surface area (Å²) in [4.78, 5) is 16.6. The monoisotopic (exact) mass is 186 g/mol. The van der Waals surface area contributed by atoms with Crippen LogP contribution in [0, 0.1) is 5.92 Å². The zero-order valence-electron chi connectivity index (χ0n) is 8.54. The van der Waals surface area contributed by atoms with Gasteiger partial charge >= 0.3 is 0 Å². The first kappa shape index (κ1) is 10.5. The SMILES string of the molecule is CCN1C[C@H](NC(=O)C(C)C)CO1. The fourth-order valence-corrected chi connectivity index (χ4v) is 1.22. The van der Waals surface area contributed by atoms with Crippen LogP contribution in [0.3, 0.4) is 0 Å². The van der Waals surface area contributed by atoms with Gasteiger partial charge in [0.15, 0.2) is 0 Å². The summed E-state index contributed by atoms with van der Waals surface area (Å²) in [5, 5.41) is 4.80. The Balaban J connectivity index is 2.28. The highest BCUT2D eigenvalue weighted by Crippen LogP contribution is 2.05. The maximum absolute atomic E-state index is 11.3. The van der Waals surface area contributed by atoms with E-state index in [4.69, 9.17) is 4.84 Å². The van der Waals surface area contributed by atoms with E-state index in [-0.39, 0.29) is 17.9 Å². The predicted molar refractivity (Wildman–Crippen MR) is 50.0 cm³/mol.